The van der Waals surface area contributed by atoms with Crippen molar-refractivity contribution >= 4 is 11.8 Å². The highest BCUT2D eigenvalue weighted by molar-refractivity contribution is 5.76. The zero-order chi connectivity index (χ0) is 17.2. The minimum atomic E-state index is -3.97. The largest absolute Gasteiger partial charge is 0.476 e. The van der Waals surface area contributed by atoms with Gasteiger partial charge in [0.15, 0.2) is 0 Å². The van der Waals surface area contributed by atoms with E-state index in [1.54, 1.807) is 6.07 Å². The molecule has 7 heteroatoms. The van der Waals surface area contributed by atoms with Crippen molar-refractivity contribution in [3.63, 3.8) is 0 Å². The molecule has 0 spiro atoms. The first-order valence-electron chi connectivity index (χ1n) is 8.46. The summed E-state index contributed by atoms with van der Waals surface area (Å²) in [7, 11) is 0. The fourth-order valence-corrected chi connectivity index (χ4v) is 3.09. The lowest BCUT2D eigenvalue weighted by atomic mass is 9.95. The average molecular weight is 340 g/mol. The van der Waals surface area contributed by atoms with E-state index in [0.29, 0.717) is 25.0 Å². The molecular formula is C17H22F2N2O3. The maximum atomic E-state index is 13.7. The SMILES string of the molecule is O=C(O)C(F)(F)c1cccc(N2CCCC(OC3CCC3)CC2)n1. The number of rotatable bonds is 5. The molecule has 0 amide bonds. The highest BCUT2D eigenvalue weighted by atomic mass is 19.3. The van der Waals surface area contributed by atoms with Crippen molar-refractivity contribution in [3.8, 4) is 0 Å². The van der Waals surface area contributed by atoms with Crippen LogP contribution in [0.1, 0.15) is 44.2 Å². The molecule has 1 atom stereocenters. The Labute approximate surface area is 139 Å². The number of carboxylic acids is 1. The molecule has 0 bridgehead atoms. The summed E-state index contributed by atoms with van der Waals surface area (Å²) in [5.74, 6) is -5.76. The number of ether oxygens (including phenoxy) is 1. The summed E-state index contributed by atoms with van der Waals surface area (Å²) in [4.78, 5) is 16.6. The first kappa shape index (κ1) is 17.1. The molecule has 24 heavy (non-hydrogen) atoms. The van der Waals surface area contributed by atoms with Gasteiger partial charge in [-0.25, -0.2) is 9.78 Å². The summed E-state index contributed by atoms with van der Waals surface area (Å²) in [6, 6.07) is 4.13. The van der Waals surface area contributed by atoms with E-state index in [4.69, 9.17) is 9.84 Å². The first-order valence-corrected chi connectivity index (χ1v) is 8.46. The molecule has 132 valence electrons. The van der Waals surface area contributed by atoms with Gasteiger partial charge in [-0.2, -0.15) is 8.78 Å². The molecule has 1 aromatic rings. The van der Waals surface area contributed by atoms with E-state index in [-0.39, 0.29) is 6.10 Å². The smallest absolute Gasteiger partial charge is 0.384 e. The first-order chi connectivity index (χ1) is 11.5. The summed E-state index contributed by atoms with van der Waals surface area (Å²) in [6.45, 7) is 1.38. The summed E-state index contributed by atoms with van der Waals surface area (Å²) < 4.78 is 33.4. The van der Waals surface area contributed by atoms with E-state index < -0.39 is 17.6 Å². The van der Waals surface area contributed by atoms with E-state index in [0.717, 1.165) is 38.2 Å². The zero-order valence-corrected chi connectivity index (χ0v) is 13.5. The van der Waals surface area contributed by atoms with E-state index >= 15 is 0 Å². The minimum absolute atomic E-state index is 0.212. The van der Waals surface area contributed by atoms with Crippen molar-refractivity contribution in [1.29, 1.82) is 0 Å². The molecule has 1 saturated heterocycles. The number of halogens is 2. The molecular weight excluding hydrogens is 318 g/mol. The Kier molecular flexibility index (Phi) is 4.99. The monoisotopic (exact) mass is 340 g/mol. The number of carboxylic acid groups (broad SMARTS) is 1. The molecule has 0 aromatic carbocycles. The van der Waals surface area contributed by atoms with E-state index in [2.05, 4.69) is 4.98 Å². The number of hydrogen-bond acceptors (Lipinski definition) is 4. The summed E-state index contributed by atoms with van der Waals surface area (Å²) in [6.07, 6.45) is 6.79. The second kappa shape index (κ2) is 7.01. The van der Waals surface area contributed by atoms with Gasteiger partial charge in [0.1, 0.15) is 11.5 Å². The fraction of sp³-hybridized carbons (Fsp3) is 0.647. The van der Waals surface area contributed by atoms with Crippen LogP contribution in [0.5, 0.6) is 0 Å². The van der Waals surface area contributed by atoms with Crippen LogP contribution in [0, 0.1) is 0 Å². The molecule has 1 unspecified atom stereocenters. The van der Waals surface area contributed by atoms with Gasteiger partial charge in [-0.15, -0.1) is 0 Å². The third-order valence-corrected chi connectivity index (χ3v) is 4.76. The molecule has 2 heterocycles. The third kappa shape index (κ3) is 3.66. The van der Waals surface area contributed by atoms with E-state index in [9.17, 15) is 13.6 Å². The Morgan fingerprint density at radius 2 is 1.88 bits per heavy atom. The number of hydrogen-bond donors (Lipinski definition) is 1. The van der Waals surface area contributed by atoms with Gasteiger partial charge >= 0.3 is 11.9 Å². The van der Waals surface area contributed by atoms with Gasteiger partial charge in [-0.1, -0.05) is 6.07 Å². The maximum absolute atomic E-state index is 13.7. The highest BCUT2D eigenvalue weighted by Gasteiger charge is 2.43. The van der Waals surface area contributed by atoms with E-state index in [1.807, 2.05) is 4.90 Å². The van der Waals surface area contributed by atoms with Crippen molar-refractivity contribution < 1.29 is 23.4 Å². The molecule has 1 aromatic heterocycles. The Bertz CT molecular complexity index is 593. The predicted octanol–water partition coefficient (Wildman–Crippen LogP) is 3.19. The Balaban J connectivity index is 1.67. The van der Waals surface area contributed by atoms with Crippen molar-refractivity contribution in [2.24, 2.45) is 0 Å². The maximum Gasteiger partial charge on any atom is 0.384 e. The van der Waals surface area contributed by atoms with Gasteiger partial charge in [0, 0.05) is 13.1 Å². The molecule has 1 aliphatic carbocycles. The summed E-state index contributed by atoms with van der Waals surface area (Å²) in [5.41, 5.74) is -0.723. The van der Waals surface area contributed by atoms with Crippen LogP contribution in [0.15, 0.2) is 18.2 Å². The number of pyridine rings is 1. The van der Waals surface area contributed by atoms with Gasteiger partial charge in [0.2, 0.25) is 0 Å². The van der Waals surface area contributed by atoms with Crippen molar-refractivity contribution in [2.75, 3.05) is 18.0 Å². The van der Waals surface area contributed by atoms with Gasteiger partial charge in [0.25, 0.3) is 0 Å². The minimum Gasteiger partial charge on any atom is -0.476 e. The van der Waals surface area contributed by atoms with Crippen LogP contribution < -0.4 is 4.90 Å². The molecule has 3 rings (SSSR count). The van der Waals surface area contributed by atoms with Crippen molar-refractivity contribution in [1.82, 2.24) is 4.98 Å². The third-order valence-electron chi connectivity index (χ3n) is 4.76. The average Bonchev–Trinajstić information content (AvgIpc) is 2.76. The standard InChI is InChI=1S/C17H22F2N2O3/c18-17(19,16(22)23)14-7-2-8-15(20-14)21-10-3-6-13(9-11-21)24-12-4-1-5-12/h2,7-8,12-13H,1,3-6,9-11H2,(H,22,23). The number of alkyl halides is 2. The van der Waals surface area contributed by atoms with Gasteiger partial charge < -0.3 is 14.7 Å². The van der Waals surface area contributed by atoms with Gasteiger partial charge in [0.05, 0.1) is 12.2 Å². The normalized spacial score (nSPS) is 22.8. The Morgan fingerprint density at radius 3 is 2.54 bits per heavy atom. The Hall–Kier alpha value is -1.76. The lowest BCUT2D eigenvalue weighted by Gasteiger charge is -2.30. The molecule has 1 N–H and O–H groups in total. The number of aliphatic carboxylic acids is 1. The lowest BCUT2D eigenvalue weighted by Crippen LogP contribution is -2.30. The number of carbonyl (C=O) groups is 1. The summed E-state index contributed by atoms with van der Waals surface area (Å²) in [5, 5.41) is 8.67. The molecule has 2 fully saturated rings. The molecule has 5 nitrogen and oxygen atoms in total. The van der Waals surface area contributed by atoms with Crippen LogP contribution in [0.2, 0.25) is 0 Å². The van der Waals surface area contributed by atoms with E-state index in [1.165, 1.54) is 12.5 Å². The van der Waals surface area contributed by atoms with Crippen LogP contribution in [0.25, 0.3) is 0 Å². The van der Waals surface area contributed by atoms with Crippen LogP contribution in [-0.2, 0) is 15.5 Å². The fourth-order valence-electron chi connectivity index (χ4n) is 3.09. The summed E-state index contributed by atoms with van der Waals surface area (Å²) >= 11 is 0. The van der Waals surface area contributed by atoms with Crippen LogP contribution in [-0.4, -0.2) is 41.4 Å². The lowest BCUT2D eigenvalue weighted by molar-refractivity contribution is -0.166. The Morgan fingerprint density at radius 1 is 1.17 bits per heavy atom. The van der Waals surface area contributed by atoms with Crippen molar-refractivity contribution in [2.45, 2.75) is 56.7 Å². The molecule has 1 saturated carbocycles. The topological polar surface area (TPSA) is 62.7 Å². The second-order valence-corrected chi connectivity index (χ2v) is 6.49. The molecule has 1 aliphatic heterocycles. The van der Waals surface area contributed by atoms with Gasteiger partial charge in [-0.3, -0.25) is 0 Å². The van der Waals surface area contributed by atoms with Crippen LogP contribution in [0.3, 0.4) is 0 Å². The van der Waals surface area contributed by atoms with Crippen molar-refractivity contribution in [3.05, 3.63) is 23.9 Å². The number of nitrogens with zero attached hydrogens (tertiary/aromatic N) is 2. The number of aromatic nitrogens is 1. The molecule has 0 radical (unpaired) electrons. The number of anilines is 1. The van der Waals surface area contributed by atoms with Crippen LogP contribution >= 0.6 is 0 Å². The zero-order valence-electron chi connectivity index (χ0n) is 13.5. The quantitative estimate of drug-likeness (QED) is 0.892. The second-order valence-electron chi connectivity index (χ2n) is 6.49. The highest BCUT2D eigenvalue weighted by Crippen LogP contribution is 2.30. The predicted molar refractivity (Wildman–Crippen MR) is 84.3 cm³/mol. The molecule has 2 aliphatic rings. The van der Waals surface area contributed by atoms with Crippen LogP contribution in [0.4, 0.5) is 14.6 Å². The van der Waals surface area contributed by atoms with Gasteiger partial charge in [-0.05, 0) is 50.7 Å².